The molecular formula is C16H20FN3O2. The molecule has 0 radical (unpaired) electrons. The van der Waals surface area contributed by atoms with Crippen molar-refractivity contribution in [1.29, 1.82) is 0 Å². The van der Waals surface area contributed by atoms with E-state index in [9.17, 15) is 9.50 Å². The monoisotopic (exact) mass is 305 g/mol. The number of aliphatic hydroxyl groups is 1. The zero-order chi connectivity index (χ0) is 15.7. The van der Waals surface area contributed by atoms with Gasteiger partial charge >= 0.3 is 0 Å². The van der Waals surface area contributed by atoms with Gasteiger partial charge in [0.15, 0.2) is 0 Å². The Morgan fingerprint density at radius 1 is 1.36 bits per heavy atom. The second kappa shape index (κ2) is 6.14. The van der Waals surface area contributed by atoms with Crippen LogP contribution >= 0.6 is 0 Å². The number of aryl methyl sites for hydroxylation is 1. The van der Waals surface area contributed by atoms with Crippen LogP contribution in [-0.4, -0.2) is 39.3 Å². The number of halogens is 1. The third-order valence-electron chi connectivity index (χ3n) is 4.28. The van der Waals surface area contributed by atoms with Crippen LogP contribution in [0.2, 0.25) is 0 Å². The highest BCUT2D eigenvalue weighted by atomic mass is 19.1. The predicted octanol–water partition coefficient (Wildman–Crippen LogP) is 2.70. The summed E-state index contributed by atoms with van der Waals surface area (Å²) in [4.78, 5) is 6.60. The van der Waals surface area contributed by atoms with Crippen molar-refractivity contribution in [2.75, 3.05) is 13.1 Å². The molecule has 1 aromatic heterocycles. The Balaban J connectivity index is 1.76. The van der Waals surface area contributed by atoms with Gasteiger partial charge in [0.05, 0.1) is 12.1 Å². The minimum atomic E-state index is -0.276. The van der Waals surface area contributed by atoms with Crippen LogP contribution in [-0.2, 0) is 0 Å². The standard InChI is InChI=1S/C16H20FN3O2/c1-10-3-4-12(9-14(10)17)15-18-16(22-19-15)11(2)20-7-5-13(21)6-8-20/h3-4,9,11,13,21H,5-8H2,1-2H3/t11-/m0/s1. The number of hydrogen-bond donors (Lipinski definition) is 1. The van der Waals surface area contributed by atoms with Crippen LogP contribution in [0.3, 0.4) is 0 Å². The maximum absolute atomic E-state index is 13.6. The van der Waals surface area contributed by atoms with Gasteiger partial charge in [0.2, 0.25) is 11.7 Å². The molecule has 2 heterocycles. The van der Waals surface area contributed by atoms with Crippen molar-refractivity contribution in [2.45, 2.75) is 38.8 Å². The molecule has 1 saturated heterocycles. The largest absolute Gasteiger partial charge is 0.393 e. The van der Waals surface area contributed by atoms with E-state index in [2.05, 4.69) is 15.0 Å². The van der Waals surface area contributed by atoms with E-state index in [-0.39, 0.29) is 18.0 Å². The number of rotatable bonds is 3. The van der Waals surface area contributed by atoms with Crippen LogP contribution in [0.5, 0.6) is 0 Å². The number of aromatic nitrogens is 2. The number of benzene rings is 1. The van der Waals surface area contributed by atoms with Crippen LogP contribution in [0.1, 0.15) is 37.3 Å². The average molecular weight is 305 g/mol. The number of likely N-dealkylation sites (tertiary alicyclic amines) is 1. The minimum absolute atomic E-state index is 0.0101. The Labute approximate surface area is 128 Å². The maximum Gasteiger partial charge on any atom is 0.244 e. The first kappa shape index (κ1) is 15.1. The fourth-order valence-electron chi connectivity index (χ4n) is 2.68. The number of aliphatic hydroxyl groups excluding tert-OH is 1. The molecule has 1 aliphatic heterocycles. The summed E-state index contributed by atoms with van der Waals surface area (Å²) in [5, 5.41) is 13.5. The second-order valence-corrected chi connectivity index (χ2v) is 5.86. The number of piperidine rings is 1. The van der Waals surface area contributed by atoms with Crippen molar-refractivity contribution in [3.8, 4) is 11.4 Å². The first-order chi connectivity index (χ1) is 10.5. The fourth-order valence-corrected chi connectivity index (χ4v) is 2.68. The topological polar surface area (TPSA) is 62.4 Å². The molecule has 5 nitrogen and oxygen atoms in total. The third kappa shape index (κ3) is 3.03. The molecule has 3 rings (SSSR count). The molecule has 1 aromatic carbocycles. The highest BCUT2D eigenvalue weighted by Gasteiger charge is 2.26. The SMILES string of the molecule is Cc1ccc(-c2noc([C@H](C)N3CCC(O)CC3)n2)cc1F. The lowest BCUT2D eigenvalue weighted by atomic mass is 10.1. The molecule has 118 valence electrons. The summed E-state index contributed by atoms with van der Waals surface area (Å²) in [5.74, 6) is 0.645. The van der Waals surface area contributed by atoms with Gasteiger partial charge in [-0.25, -0.2) is 4.39 Å². The highest BCUT2D eigenvalue weighted by molar-refractivity contribution is 5.54. The van der Waals surface area contributed by atoms with E-state index in [0.717, 1.165) is 25.9 Å². The molecule has 1 atom stereocenters. The van der Waals surface area contributed by atoms with Gasteiger partial charge in [-0.05, 0) is 38.3 Å². The summed E-state index contributed by atoms with van der Waals surface area (Å²) in [6, 6.07) is 4.90. The Morgan fingerprint density at radius 2 is 2.09 bits per heavy atom. The smallest absolute Gasteiger partial charge is 0.244 e. The van der Waals surface area contributed by atoms with Crippen LogP contribution < -0.4 is 0 Å². The normalized spacial score (nSPS) is 18.5. The Morgan fingerprint density at radius 3 is 2.77 bits per heavy atom. The van der Waals surface area contributed by atoms with Crippen molar-refractivity contribution < 1.29 is 14.0 Å². The van der Waals surface area contributed by atoms with Crippen LogP contribution in [0.4, 0.5) is 4.39 Å². The van der Waals surface area contributed by atoms with Crippen molar-refractivity contribution in [3.05, 3.63) is 35.5 Å². The molecule has 2 aromatic rings. The summed E-state index contributed by atoms with van der Waals surface area (Å²) < 4.78 is 19.0. The van der Waals surface area contributed by atoms with Crippen molar-refractivity contribution >= 4 is 0 Å². The summed E-state index contributed by atoms with van der Waals surface area (Å²) in [7, 11) is 0. The summed E-state index contributed by atoms with van der Waals surface area (Å²) in [6.07, 6.45) is 1.31. The average Bonchev–Trinajstić information content (AvgIpc) is 3.00. The molecule has 0 saturated carbocycles. The third-order valence-corrected chi connectivity index (χ3v) is 4.28. The van der Waals surface area contributed by atoms with E-state index < -0.39 is 0 Å². The van der Waals surface area contributed by atoms with Gasteiger partial charge in [-0.15, -0.1) is 0 Å². The molecule has 0 bridgehead atoms. The van der Waals surface area contributed by atoms with Gasteiger partial charge in [0, 0.05) is 18.7 Å². The molecule has 22 heavy (non-hydrogen) atoms. The fraction of sp³-hybridized carbons (Fsp3) is 0.500. The van der Waals surface area contributed by atoms with Gasteiger partial charge in [0.1, 0.15) is 5.82 Å². The lowest BCUT2D eigenvalue weighted by Gasteiger charge is -2.32. The summed E-state index contributed by atoms with van der Waals surface area (Å²) in [6.45, 7) is 5.33. The summed E-state index contributed by atoms with van der Waals surface area (Å²) >= 11 is 0. The predicted molar refractivity (Wildman–Crippen MR) is 79.7 cm³/mol. The first-order valence-electron chi connectivity index (χ1n) is 7.57. The van der Waals surface area contributed by atoms with Gasteiger partial charge in [-0.3, -0.25) is 4.90 Å². The van der Waals surface area contributed by atoms with E-state index in [1.165, 1.54) is 6.07 Å². The first-order valence-corrected chi connectivity index (χ1v) is 7.57. The van der Waals surface area contributed by atoms with E-state index in [1.54, 1.807) is 19.1 Å². The van der Waals surface area contributed by atoms with Crippen LogP contribution in [0.15, 0.2) is 22.7 Å². The minimum Gasteiger partial charge on any atom is -0.393 e. The number of hydrogen-bond acceptors (Lipinski definition) is 5. The van der Waals surface area contributed by atoms with E-state index >= 15 is 0 Å². The molecule has 1 N–H and O–H groups in total. The van der Waals surface area contributed by atoms with E-state index in [4.69, 9.17) is 4.52 Å². The highest BCUT2D eigenvalue weighted by Crippen LogP contribution is 2.26. The van der Waals surface area contributed by atoms with Gasteiger partial charge < -0.3 is 9.63 Å². The molecule has 0 aliphatic carbocycles. The Kier molecular flexibility index (Phi) is 4.22. The lowest BCUT2D eigenvalue weighted by Crippen LogP contribution is -2.37. The molecular weight excluding hydrogens is 285 g/mol. The van der Waals surface area contributed by atoms with Gasteiger partial charge in [0.25, 0.3) is 0 Å². The second-order valence-electron chi connectivity index (χ2n) is 5.86. The summed E-state index contributed by atoms with van der Waals surface area (Å²) in [5.41, 5.74) is 1.20. The zero-order valence-corrected chi connectivity index (χ0v) is 12.8. The molecule has 1 aliphatic rings. The van der Waals surface area contributed by atoms with Crippen LogP contribution in [0, 0.1) is 12.7 Å². The van der Waals surface area contributed by atoms with Gasteiger partial charge in [-0.2, -0.15) is 4.98 Å². The van der Waals surface area contributed by atoms with Gasteiger partial charge in [-0.1, -0.05) is 17.3 Å². The van der Waals surface area contributed by atoms with E-state index in [0.29, 0.717) is 22.8 Å². The molecule has 6 heteroatoms. The van der Waals surface area contributed by atoms with Crippen molar-refractivity contribution in [2.24, 2.45) is 0 Å². The quantitative estimate of drug-likeness (QED) is 0.944. The van der Waals surface area contributed by atoms with Crippen molar-refractivity contribution in [1.82, 2.24) is 15.0 Å². The molecule has 0 amide bonds. The van der Waals surface area contributed by atoms with E-state index in [1.807, 2.05) is 6.92 Å². The maximum atomic E-state index is 13.6. The zero-order valence-electron chi connectivity index (χ0n) is 12.8. The Hall–Kier alpha value is -1.79. The lowest BCUT2D eigenvalue weighted by molar-refractivity contribution is 0.0564. The van der Waals surface area contributed by atoms with Crippen molar-refractivity contribution in [3.63, 3.8) is 0 Å². The van der Waals surface area contributed by atoms with Crippen LogP contribution in [0.25, 0.3) is 11.4 Å². The Bertz CT molecular complexity index is 651. The number of nitrogens with zero attached hydrogens (tertiary/aromatic N) is 3. The molecule has 0 spiro atoms. The molecule has 0 unspecified atom stereocenters. The molecule has 1 fully saturated rings.